The van der Waals surface area contributed by atoms with Gasteiger partial charge in [0, 0.05) is 13.1 Å². The van der Waals surface area contributed by atoms with E-state index >= 15 is 0 Å². The zero-order valence-electron chi connectivity index (χ0n) is 11.1. The minimum atomic E-state index is -0.156. The lowest BCUT2D eigenvalue weighted by molar-refractivity contribution is -0.106. The number of aryl methyl sites for hydroxylation is 1. The van der Waals surface area contributed by atoms with Gasteiger partial charge in [-0.15, -0.1) is 0 Å². The minimum absolute atomic E-state index is 0.0729. The Labute approximate surface area is 120 Å². The molecule has 0 bridgehead atoms. The van der Waals surface area contributed by atoms with E-state index in [-0.39, 0.29) is 28.5 Å². The van der Waals surface area contributed by atoms with Crippen LogP contribution < -0.4 is 5.69 Å². The number of aliphatic hydroxyl groups is 1. The highest BCUT2D eigenvalue weighted by Crippen LogP contribution is 2.60. The normalized spacial score (nSPS) is 32.4. The molecule has 0 aromatic carbocycles. The summed E-state index contributed by atoms with van der Waals surface area (Å²) in [5.74, 6) is 0. The lowest BCUT2D eigenvalue weighted by Gasteiger charge is -2.56. The summed E-state index contributed by atoms with van der Waals surface area (Å²) < 4.78 is 3.30. The lowest BCUT2D eigenvalue weighted by atomic mass is 9.53. The Kier molecular flexibility index (Phi) is 2.36. The van der Waals surface area contributed by atoms with E-state index in [0.717, 1.165) is 25.7 Å². The van der Waals surface area contributed by atoms with E-state index in [4.69, 9.17) is 11.6 Å². The van der Waals surface area contributed by atoms with E-state index in [2.05, 4.69) is 9.97 Å². The number of fused-ring (bicyclic) bond motifs is 1. The van der Waals surface area contributed by atoms with Crippen LogP contribution in [0.2, 0.25) is 5.28 Å². The van der Waals surface area contributed by atoms with Gasteiger partial charge in [-0.25, -0.2) is 9.78 Å². The molecule has 4 rings (SSSR count). The fraction of sp³-hybridized carbons (Fsp3) is 0.615. The zero-order chi connectivity index (χ0) is 14.1. The molecule has 6 nitrogen and oxygen atoms in total. The van der Waals surface area contributed by atoms with Crippen molar-refractivity contribution in [1.82, 2.24) is 19.1 Å². The van der Waals surface area contributed by atoms with Gasteiger partial charge in [-0.2, -0.15) is 4.98 Å². The van der Waals surface area contributed by atoms with Gasteiger partial charge in [-0.1, -0.05) is 0 Å². The second kappa shape index (κ2) is 3.83. The molecular weight excluding hydrogens is 280 g/mol. The molecule has 0 saturated heterocycles. The fourth-order valence-corrected chi connectivity index (χ4v) is 3.97. The number of aliphatic hydroxyl groups excluding tert-OH is 1. The van der Waals surface area contributed by atoms with E-state index in [0.29, 0.717) is 11.2 Å². The van der Waals surface area contributed by atoms with Gasteiger partial charge in [0.25, 0.3) is 0 Å². The van der Waals surface area contributed by atoms with Crippen LogP contribution in [-0.4, -0.2) is 30.3 Å². The van der Waals surface area contributed by atoms with Gasteiger partial charge in [-0.3, -0.25) is 9.13 Å². The molecule has 1 spiro atoms. The highest BCUT2D eigenvalue weighted by molar-refractivity contribution is 6.28. The summed E-state index contributed by atoms with van der Waals surface area (Å²) in [6, 6.07) is 0.157. The molecule has 106 valence electrons. The third kappa shape index (κ3) is 1.52. The summed E-state index contributed by atoms with van der Waals surface area (Å²) in [4.78, 5) is 20.5. The van der Waals surface area contributed by atoms with Gasteiger partial charge in [0.05, 0.1) is 12.3 Å². The van der Waals surface area contributed by atoms with E-state index in [1.807, 2.05) is 0 Å². The summed E-state index contributed by atoms with van der Waals surface area (Å²) in [6.07, 6.45) is 5.02. The molecule has 0 radical (unpaired) electrons. The Morgan fingerprint density at radius 3 is 2.75 bits per heavy atom. The van der Waals surface area contributed by atoms with E-state index in [1.165, 1.54) is 0 Å². The maximum Gasteiger partial charge on any atom is 0.330 e. The van der Waals surface area contributed by atoms with Crippen LogP contribution in [0.4, 0.5) is 0 Å². The SMILES string of the molecule is Cn1c(=O)n(C2CC3(CC(O)C3)C2)c2nc(Cl)ncc21. The number of imidazole rings is 1. The Bertz CT molecular complexity index is 752. The predicted octanol–water partition coefficient (Wildman–Crippen LogP) is 1.26. The Morgan fingerprint density at radius 1 is 1.40 bits per heavy atom. The summed E-state index contributed by atoms with van der Waals surface area (Å²) in [5.41, 5.74) is 1.49. The molecule has 2 aromatic heterocycles. The average molecular weight is 295 g/mol. The third-order valence-corrected chi connectivity index (χ3v) is 5.02. The molecule has 0 aliphatic heterocycles. The number of aromatic nitrogens is 4. The van der Waals surface area contributed by atoms with Crippen molar-refractivity contribution in [1.29, 1.82) is 0 Å². The molecular formula is C13H15ClN4O2. The first kappa shape index (κ1) is 12.3. The largest absolute Gasteiger partial charge is 0.393 e. The Hall–Kier alpha value is -1.40. The topological polar surface area (TPSA) is 72.9 Å². The van der Waals surface area contributed by atoms with Gasteiger partial charge in [0.2, 0.25) is 5.28 Å². The molecule has 0 unspecified atom stereocenters. The summed E-state index contributed by atoms with van der Waals surface area (Å²) in [6.45, 7) is 0. The average Bonchev–Trinajstić information content (AvgIpc) is 2.55. The van der Waals surface area contributed by atoms with Crippen LogP contribution in [0.15, 0.2) is 11.0 Å². The van der Waals surface area contributed by atoms with Crippen molar-refractivity contribution >= 4 is 22.8 Å². The van der Waals surface area contributed by atoms with Gasteiger partial charge in [-0.05, 0) is 42.7 Å². The van der Waals surface area contributed by atoms with Crippen LogP contribution in [0.3, 0.4) is 0 Å². The van der Waals surface area contributed by atoms with Crippen LogP contribution in [0.1, 0.15) is 31.7 Å². The maximum atomic E-state index is 12.4. The third-order valence-electron chi connectivity index (χ3n) is 4.84. The number of hydrogen-bond acceptors (Lipinski definition) is 4. The van der Waals surface area contributed by atoms with Gasteiger partial charge < -0.3 is 5.11 Å². The summed E-state index contributed by atoms with van der Waals surface area (Å²) >= 11 is 5.85. The first-order valence-electron chi connectivity index (χ1n) is 6.77. The predicted molar refractivity (Wildman–Crippen MR) is 73.7 cm³/mol. The van der Waals surface area contributed by atoms with E-state index < -0.39 is 0 Å². The minimum Gasteiger partial charge on any atom is -0.393 e. The number of rotatable bonds is 1. The fourth-order valence-electron chi connectivity index (χ4n) is 3.84. The molecule has 7 heteroatoms. The molecule has 2 saturated carbocycles. The van der Waals surface area contributed by atoms with Crippen molar-refractivity contribution in [2.24, 2.45) is 12.5 Å². The van der Waals surface area contributed by atoms with Gasteiger partial charge in [0.1, 0.15) is 5.52 Å². The number of hydrogen-bond donors (Lipinski definition) is 1. The van der Waals surface area contributed by atoms with Crippen LogP contribution in [0, 0.1) is 5.41 Å². The zero-order valence-corrected chi connectivity index (χ0v) is 11.8. The molecule has 0 atom stereocenters. The maximum absolute atomic E-state index is 12.4. The highest BCUT2D eigenvalue weighted by Gasteiger charge is 2.53. The Morgan fingerprint density at radius 2 is 2.10 bits per heavy atom. The van der Waals surface area contributed by atoms with Crippen LogP contribution in [0.25, 0.3) is 11.2 Å². The van der Waals surface area contributed by atoms with Crippen LogP contribution in [-0.2, 0) is 7.05 Å². The number of nitrogens with zero attached hydrogens (tertiary/aromatic N) is 4. The molecule has 2 heterocycles. The highest BCUT2D eigenvalue weighted by atomic mass is 35.5. The van der Waals surface area contributed by atoms with Crippen molar-refractivity contribution in [3.8, 4) is 0 Å². The van der Waals surface area contributed by atoms with Gasteiger partial charge >= 0.3 is 5.69 Å². The van der Waals surface area contributed by atoms with Crippen molar-refractivity contribution in [3.05, 3.63) is 22.0 Å². The smallest absolute Gasteiger partial charge is 0.330 e. The first-order chi connectivity index (χ1) is 9.49. The summed E-state index contributed by atoms with van der Waals surface area (Å²) in [7, 11) is 1.72. The molecule has 0 amide bonds. The van der Waals surface area contributed by atoms with Gasteiger partial charge in [0.15, 0.2) is 5.65 Å². The lowest BCUT2D eigenvalue weighted by Crippen LogP contribution is -2.51. The first-order valence-corrected chi connectivity index (χ1v) is 7.14. The second-order valence-electron chi connectivity index (χ2n) is 6.18. The van der Waals surface area contributed by atoms with Crippen molar-refractivity contribution in [2.75, 3.05) is 0 Å². The molecule has 2 fully saturated rings. The quantitative estimate of drug-likeness (QED) is 0.804. The van der Waals surface area contributed by atoms with Crippen LogP contribution in [0.5, 0.6) is 0 Å². The molecule has 1 N–H and O–H groups in total. The second-order valence-corrected chi connectivity index (χ2v) is 6.52. The Balaban J connectivity index is 1.76. The standard InChI is InChI=1S/C13H15ClN4O2/c1-17-9-6-15-11(14)16-10(9)18(12(17)20)7-2-13(3-7)4-8(19)5-13/h6-8,19H,2-5H2,1H3. The molecule has 2 aliphatic rings. The van der Waals surface area contributed by atoms with Crippen molar-refractivity contribution < 1.29 is 5.11 Å². The van der Waals surface area contributed by atoms with Crippen LogP contribution >= 0.6 is 11.6 Å². The number of halogens is 1. The van der Waals surface area contributed by atoms with Crippen molar-refractivity contribution in [2.45, 2.75) is 37.8 Å². The van der Waals surface area contributed by atoms with Crippen molar-refractivity contribution in [3.63, 3.8) is 0 Å². The monoisotopic (exact) mass is 294 g/mol. The molecule has 20 heavy (non-hydrogen) atoms. The summed E-state index contributed by atoms with van der Waals surface area (Å²) in [5, 5.41) is 9.62. The molecule has 2 aliphatic carbocycles. The molecule has 2 aromatic rings. The van der Waals surface area contributed by atoms with E-state index in [1.54, 1.807) is 22.4 Å². The van der Waals surface area contributed by atoms with E-state index in [9.17, 15) is 9.90 Å².